The molecule has 1 aromatic rings. The first kappa shape index (κ1) is 10.2. The largest absolute Gasteiger partial charge is 0.382 e. The third-order valence-electron chi connectivity index (χ3n) is 3.16. The number of anilines is 2. The molecule has 0 aromatic carbocycles. The van der Waals surface area contributed by atoms with Crippen molar-refractivity contribution in [3.8, 4) is 0 Å². The minimum atomic E-state index is 0.423. The molecule has 0 amide bonds. The monoisotopic (exact) mass is 206 g/mol. The van der Waals surface area contributed by atoms with Crippen LogP contribution < -0.4 is 11.1 Å². The molecule has 3 N–H and O–H groups in total. The number of rotatable bonds is 3. The average molecular weight is 206 g/mol. The fourth-order valence-corrected chi connectivity index (χ4v) is 2.18. The van der Waals surface area contributed by atoms with Crippen molar-refractivity contribution >= 4 is 11.6 Å². The van der Waals surface area contributed by atoms with Crippen LogP contribution in [0, 0.1) is 5.41 Å². The van der Waals surface area contributed by atoms with E-state index in [4.69, 9.17) is 5.73 Å². The Morgan fingerprint density at radius 3 is 2.80 bits per heavy atom. The fourth-order valence-electron chi connectivity index (χ4n) is 2.18. The predicted octanol–water partition coefficient (Wildman–Crippen LogP) is 2.05. The third-order valence-corrected chi connectivity index (χ3v) is 3.16. The van der Waals surface area contributed by atoms with Crippen molar-refractivity contribution < 1.29 is 0 Å². The lowest BCUT2D eigenvalue weighted by Gasteiger charge is -2.23. The van der Waals surface area contributed by atoms with E-state index in [9.17, 15) is 0 Å². The number of aromatic nitrogens is 2. The van der Waals surface area contributed by atoms with Gasteiger partial charge in [0, 0.05) is 6.54 Å². The summed E-state index contributed by atoms with van der Waals surface area (Å²) in [6.07, 6.45) is 8.57. The standard InChI is InChI=1S/C11H18N4/c1-11(4-2-3-5-11)8-14-10-7-13-6-9(12)15-10/h6-7H,2-5,8H2,1H3,(H3,12,14,15). The molecule has 2 rings (SSSR count). The van der Waals surface area contributed by atoms with E-state index in [-0.39, 0.29) is 0 Å². The van der Waals surface area contributed by atoms with E-state index in [1.807, 2.05) is 0 Å². The number of hydrogen-bond donors (Lipinski definition) is 2. The van der Waals surface area contributed by atoms with Gasteiger partial charge in [0.15, 0.2) is 0 Å². The van der Waals surface area contributed by atoms with Crippen molar-refractivity contribution in [2.45, 2.75) is 32.6 Å². The Kier molecular flexibility index (Phi) is 2.75. The van der Waals surface area contributed by atoms with E-state index >= 15 is 0 Å². The molecule has 1 heterocycles. The molecule has 1 aromatic heterocycles. The van der Waals surface area contributed by atoms with Gasteiger partial charge in [-0.25, -0.2) is 4.98 Å². The average Bonchev–Trinajstić information content (AvgIpc) is 2.63. The Bertz CT molecular complexity index is 331. The number of nitrogen functional groups attached to an aromatic ring is 1. The van der Waals surface area contributed by atoms with Gasteiger partial charge in [-0.15, -0.1) is 0 Å². The normalized spacial score (nSPS) is 19.0. The van der Waals surface area contributed by atoms with Gasteiger partial charge >= 0.3 is 0 Å². The molecule has 0 bridgehead atoms. The molecule has 0 spiro atoms. The molecule has 0 radical (unpaired) electrons. The highest BCUT2D eigenvalue weighted by molar-refractivity contribution is 5.38. The van der Waals surface area contributed by atoms with Crippen LogP contribution in [-0.2, 0) is 0 Å². The zero-order chi connectivity index (χ0) is 10.7. The third kappa shape index (κ3) is 2.58. The summed E-state index contributed by atoms with van der Waals surface area (Å²) in [7, 11) is 0. The molecule has 1 fully saturated rings. The van der Waals surface area contributed by atoms with Crippen LogP contribution >= 0.6 is 0 Å². The van der Waals surface area contributed by atoms with E-state index < -0.39 is 0 Å². The highest BCUT2D eigenvalue weighted by atomic mass is 15.0. The van der Waals surface area contributed by atoms with Crippen LogP contribution in [0.1, 0.15) is 32.6 Å². The van der Waals surface area contributed by atoms with Gasteiger partial charge in [0.25, 0.3) is 0 Å². The number of nitrogens with one attached hydrogen (secondary N) is 1. The van der Waals surface area contributed by atoms with Gasteiger partial charge < -0.3 is 11.1 Å². The van der Waals surface area contributed by atoms with Crippen LogP contribution in [0.5, 0.6) is 0 Å². The van der Waals surface area contributed by atoms with Crippen LogP contribution in [0.3, 0.4) is 0 Å². The quantitative estimate of drug-likeness (QED) is 0.794. The molecular weight excluding hydrogens is 188 g/mol. The Morgan fingerprint density at radius 2 is 2.13 bits per heavy atom. The fraction of sp³-hybridized carbons (Fsp3) is 0.636. The molecule has 0 saturated heterocycles. The maximum absolute atomic E-state index is 5.56. The topological polar surface area (TPSA) is 63.8 Å². The number of hydrogen-bond acceptors (Lipinski definition) is 4. The van der Waals surface area contributed by atoms with E-state index in [0.29, 0.717) is 11.2 Å². The van der Waals surface area contributed by atoms with Crippen LogP contribution in [0.25, 0.3) is 0 Å². The Hall–Kier alpha value is -1.32. The highest BCUT2D eigenvalue weighted by Crippen LogP contribution is 2.37. The van der Waals surface area contributed by atoms with Gasteiger partial charge in [-0.05, 0) is 18.3 Å². The second kappa shape index (κ2) is 4.04. The van der Waals surface area contributed by atoms with Gasteiger partial charge in [-0.1, -0.05) is 19.8 Å². The first-order valence-corrected chi connectivity index (χ1v) is 5.49. The second-order valence-corrected chi connectivity index (χ2v) is 4.70. The number of nitrogens with two attached hydrogens (primary N) is 1. The Labute approximate surface area is 90.3 Å². The lowest BCUT2D eigenvalue weighted by molar-refractivity contribution is 0.361. The summed E-state index contributed by atoms with van der Waals surface area (Å²) >= 11 is 0. The Morgan fingerprint density at radius 1 is 1.40 bits per heavy atom. The zero-order valence-corrected chi connectivity index (χ0v) is 9.16. The number of nitrogens with zero attached hydrogens (tertiary/aromatic N) is 2. The lowest BCUT2D eigenvalue weighted by Crippen LogP contribution is -2.23. The first-order chi connectivity index (χ1) is 7.18. The molecule has 0 unspecified atom stereocenters. The maximum Gasteiger partial charge on any atom is 0.146 e. The van der Waals surface area contributed by atoms with Gasteiger partial charge in [-0.3, -0.25) is 4.98 Å². The molecule has 82 valence electrons. The predicted molar refractivity (Wildman–Crippen MR) is 61.5 cm³/mol. The summed E-state index contributed by atoms with van der Waals surface area (Å²) in [6.45, 7) is 3.29. The second-order valence-electron chi connectivity index (χ2n) is 4.70. The maximum atomic E-state index is 5.56. The van der Waals surface area contributed by atoms with Crippen molar-refractivity contribution in [2.75, 3.05) is 17.6 Å². The van der Waals surface area contributed by atoms with E-state index in [1.165, 1.54) is 25.7 Å². The van der Waals surface area contributed by atoms with Crippen molar-refractivity contribution in [2.24, 2.45) is 5.41 Å². The molecule has 1 saturated carbocycles. The van der Waals surface area contributed by atoms with Gasteiger partial charge in [0.2, 0.25) is 0 Å². The molecule has 4 nitrogen and oxygen atoms in total. The minimum Gasteiger partial charge on any atom is -0.382 e. The molecule has 0 atom stereocenters. The van der Waals surface area contributed by atoms with Crippen LogP contribution in [-0.4, -0.2) is 16.5 Å². The Balaban J connectivity index is 1.92. The SMILES string of the molecule is CC1(CNc2cncc(N)n2)CCCC1. The smallest absolute Gasteiger partial charge is 0.146 e. The summed E-state index contributed by atoms with van der Waals surface area (Å²) in [5, 5.41) is 3.31. The molecule has 0 aliphatic heterocycles. The summed E-state index contributed by atoms with van der Waals surface area (Å²) in [6, 6.07) is 0. The molecular formula is C11H18N4. The molecule has 15 heavy (non-hydrogen) atoms. The van der Waals surface area contributed by atoms with Crippen molar-refractivity contribution in [1.29, 1.82) is 0 Å². The summed E-state index contributed by atoms with van der Waals surface area (Å²) in [4.78, 5) is 8.17. The minimum absolute atomic E-state index is 0.423. The molecule has 4 heteroatoms. The van der Waals surface area contributed by atoms with E-state index in [1.54, 1.807) is 12.4 Å². The molecule has 1 aliphatic carbocycles. The summed E-state index contributed by atoms with van der Waals surface area (Å²) in [5.74, 6) is 1.25. The van der Waals surface area contributed by atoms with E-state index in [0.717, 1.165) is 12.4 Å². The van der Waals surface area contributed by atoms with Crippen molar-refractivity contribution in [3.63, 3.8) is 0 Å². The van der Waals surface area contributed by atoms with Gasteiger partial charge in [-0.2, -0.15) is 0 Å². The van der Waals surface area contributed by atoms with Gasteiger partial charge in [0.05, 0.1) is 12.4 Å². The van der Waals surface area contributed by atoms with E-state index in [2.05, 4.69) is 22.2 Å². The lowest BCUT2D eigenvalue weighted by atomic mass is 9.89. The highest BCUT2D eigenvalue weighted by Gasteiger charge is 2.28. The van der Waals surface area contributed by atoms with Crippen LogP contribution in [0.4, 0.5) is 11.6 Å². The first-order valence-electron chi connectivity index (χ1n) is 5.49. The molecule has 1 aliphatic rings. The van der Waals surface area contributed by atoms with Gasteiger partial charge in [0.1, 0.15) is 11.6 Å². The summed E-state index contributed by atoms with van der Waals surface area (Å²) in [5.41, 5.74) is 5.98. The van der Waals surface area contributed by atoms with Crippen LogP contribution in [0.15, 0.2) is 12.4 Å². The van der Waals surface area contributed by atoms with Crippen molar-refractivity contribution in [1.82, 2.24) is 9.97 Å². The summed E-state index contributed by atoms with van der Waals surface area (Å²) < 4.78 is 0. The van der Waals surface area contributed by atoms with Crippen molar-refractivity contribution in [3.05, 3.63) is 12.4 Å². The van der Waals surface area contributed by atoms with Crippen LogP contribution in [0.2, 0.25) is 0 Å². The zero-order valence-electron chi connectivity index (χ0n) is 9.16.